The lowest BCUT2D eigenvalue weighted by molar-refractivity contribution is -0.0485. The van der Waals surface area contributed by atoms with Crippen molar-refractivity contribution in [2.75, 3.05) is 20.3 Å². The van der Waals surface area contributed by atoms with Gasteiger partial charge in [-0.2, -0.15) is 0 Å². The summed E-state index contributed by atoms with van der Waals surface area (Å²) in [6, 6.07) is 0. The number of nitrogens with one attached hydrogen (secondary N) is 1. The van der Waals surface area contributed by atoms with Crippen molar-refractivity contribution >= 4 is 5.84 Å². The van der Waals surface area contributed by atoms with E-state index in [1.54, 1.807) is 7.11 Å². The van der Waals surface area contributed by atoms with Gasteiger partial charge >= 0.3 is 0 Å². The van der Waals surface area contributed by atoms with Gasteiger partial charge < -0.3 is 10.2 Å². The van der Waals surface area contributed by atoms with Crippen molar-refractivity contribution in [2.24, 2.45) is 34.0 Å². The summed E-state index contributed by atoms with van der Waals surface area (Å²) in [5, 5.41) is 0. The number of hydrogen-bond acceptors (Lipinski definition) is 3. The predicted molar refractivity (Wildman–Crippen MR) is 76.7 cm³/mol. The molecule has 3 N–H and O–H groups in total. The van der Waals surface area contributed by atoms with Crippen LogP contribution in [0.1, 0.15) is 44.9 Å². The van der Waals surface area contributed by atoms with E-state index in [1.807, 2.05) is 0 Å². The summed E-state index contributed by atoms with van der Waals surface area (Å²) in [7, 11) is 1.71. The molecule has 0 aromatic rings. The zero-order chi connectivity index (χ0) is 13.3. The number of amidine groups is 1. The third-order valence-corrected chi connectivity index (χ3v) is 5.47. The van der Waals surface area contributed by atoms with Gasteiger partial charge in [-0.3, -0.25) is 4.99 Å². The molecule has 108 valence electrons. The fourth-order valence-corrected chi connectivity index (χ4v) is 5.29. The highest BCUT2D eigenvalue weighted by molar-refractivity contribution is 5.82. The van der Waals surface area contributed by atoms with E-state index in [-0.39, 0.29) is 0 Å². The van der Waals surface area contributed by atoms with Gasteiger partial charge in [0.1, 0.15) is 5.84 Å². The van der Waals surface area contributed by atoms with Crippen molar-refractivity contribution in [3.63, 3.8) is 0 Å². The monoisotopic (exact) mass is 265 g/mol. The summed E-state index contributed by atoms with van der Waals surface area (Å²) in [5.41, 5.74) is 3.34. The number of ether oxygens (including phenoxy) is 1. The van der Waals surface area contributed by atoms with Gasteiger partial charge in [-0.05, 0) is 61.7 Å². The fourth-order valence-electron chi connectivity index (χ4n) is 5.29. The van der Waals surface area contributed by atoms with Gasteiger partial charge in [-0.15, -0.1) is 0 Å². The van der Waals surface area contributed by atoms with Crippen LogP contribution in [-0.4, -0.2) is 26.1 Å². The molecule has 0 radical (unpaired) electrons. The maximum absolute atomic E-state index is 5.66. The fraction of sp³-hybridized carbons (Fsp3) is 0.933. The summed E-state index contributed by atoms with van der Waals surface area (Å²) in [5.74, 6) is 9.62. The molecule has 4 aliphatic rings. The Morgan fingerprint density at radius 3 is 2.26 bits per heavy atom. The molecule has 4 rings (SSSR count). The number of aliphatic imine (C=N–C) groups is 1. The molecule has 4 aliphatic carbocycles. The first kappa shape index (κ1) is 13.4. The number of methoxy groups -OCH3 is 1. The SMILES string of the molecule is COCCN=C(CC12CC3CC(CC(C3)C1)C2)NN. The van der Waals surface area contributed by atoms with E-state index in [1.165, 1.54) is 38.5 Å². The zero-order valence-corrected chi connectivity index (χ0v) is 12.0. The molecular weight excluding hydrogens is 238 g/mol. The van der Waals surface area contributed by atoms with E-state index in [0.717, 1.165) is 30.0 Å². The minimum Gasteiger partial charge on any atom is -0.383 e. The topological polar surface area (TPSA) is 59.6 Å². The molecule has 0 saturated heterocycles. The van der Waals surface area contributed by atoms with Gasteiger partial charge in [0.05, 0.1) is 13.2 Å². The molecule has 4 bridgehead atoms. The molecule has 0 aromatic carbocycles. The molecule has 0 heterocycles. The molecular formula is C15H27N3O. The van der Waals surface area contributed by atoms with Crippen molar-refractivity contribution in [1.29, 1.82) is 0 Å². The van der Waals surface area contributed by atoms with Gasteiger partial charge in [-0.25, -0.2) is 5.84 Å². The van der Waals surface area contributed by atoms with E-state index >= 15 is 0 Å². The molecule has 4 nitrogen and oxygen atoms in total. The second-order valence-corrected chi connectivity index (χ2v) is 7.06. The Hall–Kier alpha value is -0.610. The standard InChI is InChI=1S/C15H27N3O/c1-19-3-2-17-14(18-16)10-15-7-11-4-12(8-15)6-13(5-11)9-15/h11-13H,2-10,16H2,1H3,(H,17,18). The Balaban J connectivity index is 1.66. The smallest absolute Gasteiger partial charge is 0.111 e. The van der Waals surface area contributed by atoms with Gasteiger partial charge in [-0.1, -0.05) is 0 Å². The number of nitrogens with zero attached hydrogens (tertiary/aromatic N) is 1. The lowest BCUT2D eigenvalue weighted by Crippen LogP contribution is -2.48. The van der Waals surface area contributed by atoms with Crippen LogP contribution in [0.25, 0.3) is 0 Å². The highest BCUT2D eigenvalue weighted by Crippen LogP contribution is 2.61. The second-order valence-electron chi connectivity index (χ2n) is 7.06. The molecule has 4 saturated carbocycles. The van der Waals surface area contributed by atoms with E-state index in [9.17, 15) is 0 Å². The lowest BCUT2D eigenvalue weighted by atomic mass is 9.49. The Morgan fingerprint density at radius 2 is 1.79 bits per heavy atom. The van der Waals surface area contributed by atoms with Gasteiger partial charge in [0.2, 0.25) is 0 Å². The van der Waals surface area contributed by atoms with Crippen LogP contribution in [-0.2, 0) is 4.74 Å². The molecule has 4 fully saturated rings. The first-order chi connectivity index (χ1) is 9.23. The Morgan fingerprint density at radius 1 is 1.21 bits per heavy atom. The van der Waals surface area contributed by atoms with Crippen molar-refractivity contribution in [2.45, 2.75) is 44.9 Å². The average molecular weight is 265 g/mol. The minimum atomic E-state index is 0.507. The normalized spacial score (nSPS) is 40.7. The van der Waals surface area contributed by atoms with Crippen molar-refractivity contribution in [3.8, 4) is 0 Å². The largest absolute Gasteiger partial charge is 0.383 e. The highest BCUT2D eigenvalue weighted by Gasteiger charge is 2.51. The summed E-state index contributed by atoms with van der Waals surface area (Å²) in [6.07, 6.45) is 9.75. The summed E-state index contributed by atoms with van der Waals surface area (Å²) in [4.78, 5) is 4.56. The van der Waals surface area contributed by atoms with Crippen LogP contribution in [0.3, 0.4) is 0 Å². The van der Waals surface area contributed by atoms with Crippen LogP contribution in [0.4, 0.5) is 0 Å². The predicted octanol–water partition coefficient (Wildman–Crippen LogP) is 2.10. The Labute approximate surface area is 116 Å². The van der Waals surface area contributed by atoms with Crippen molar-refractivity contribution in [3.05, 3.63) is 0 Å². The van der Waals surface area contributed by atoms with Crippen LogP contribution in [0.2, 0.25) is 0 Å². The summed E-state index contributed by atoms with van der Waals surface area (Å²) < 4.78 is 5.05. The quantitative estimate of drug-likeness (QED) is 0.263. The third kappa shape index (κ3) is 2.79. The number of rotatable bonds is 5. The maximum atomic E-state index is 5.66. The maximum Gasteiger partial charge on any atom is 0.111 e. The van der Waals surface area contributed by atoms with Crippen molar-refractivity contribution < 1.29 is 4.74 Å². The lowest BCUT2D eigenvalue weighted by Gasteiger charge is -2.57. The van der Waals surface area contributed by atoms with E-state index in [2.05, 4.69) is 10.4 Å². The van der Waals surface area contributed by atoms with E-state index < -0.39 is 0 Å². The average Bonchev–Trinajstić information content (AvgIpc) is 2.36. The molecule has 0 amide bonds. The van der Waals surface area contributed by atoms with Crippen LogP contribution in [0.15, 0.2) is 4.99 Å². The molecule has 4 heteroatoms. The van der Waals surface area contributed by atoms with E-state index in [0.29, 0.717) is 18.6 Å². The first-order valence-electron chi connectivity index (χ1n) is 7.72. The van der Waals surface area contributed by atoms with Crippen LogP contribution < -0.4 is 11.3 Å². The molecule has 0 unspecified atom stereocenters. The Bertz CT molecular complexity index is 318. The summed E-state index contributed by atoms with van der Waals surface area (Å²) in [6.45, 7) is 1.38. The minimum absolute atomic E-state index is 0.507. The van der Waals surface area contributed by atoms with Crippen molar-refractivity contribution in [1.82, 2.24) is 5.43 Å². The second kappa shape index (κ2) is 5.41. The van der Waals surface area contributed by atoms with E-state index in [4.69, 9.17) is 10.6 Å². The molecule has 0 aromatic heterocycles. The first-order valence-corrected chi connectivity index (χ1v) is 7.72. The van der Waals surface area contributed by atoms with Gasteiger partial charge in [0.25, 0.3) is 0 Å². The van der Waals surface area contributed by atoms with Gasteiger partial charge in [0.15, 0.2) is 0 Å². The highest BCUT2D eigenvalue weighted by atomic mass is 16.5. The molecule has 19 heavy (non-hydrogen) atoms. The number of hydrogen-bond donors (Lipinski definition) is 2. The van der Waals surface area contributed by atoms with Crippen LogP contribution in [0.5, 0.6) is 0 Å². The molecule has 0 aliphatic heterocycles. The third-order valence-electron chi connectivity index (χ3n) is 5.47. The zero-order valence-electron chi connectivity index (χ0n) is 12.0. The molecule has 0 spiro atoms. The van der Waals surface area contributed by atoms with Crippen LogP contribution in [0, 0.1) is 23.2 Å². The Kier molecular flexibility index (Phi) is 3.81. The van der Waals surface area contributed by atoms with Crippen LogP contribution >= 0.6 is 0 Å². The summed E-state index contributed by atoms with van der Waals surface area (Å²) >= 11 is 0. The van der Waals surface area contributed by atoms with Gasteiger partial charge in [0, 0.05) is 13.5 Å². The number of hydrazine groups is 1. The molecule has 0 atom stereocenters. The number of nitrogens with two attached hydrogens (primary N) is 1.